The molecule has 4 aromatic heterocycles. The molecule has 0 fully saturated rings. The van der Waals surface area contributed by atoms with Gasteiger partial charge in [-0.2, -0.15) is 5.10 Å². The third-order valence-electron chi connectivity index (χ3n) is 5.37. The van der Waals surface area contributed by atoms with E-state index in [0.717, 1.165) is 36.9 Å². The Hall–Kier alpha value is -3.85. The Morgan fingerprint density at radius 1 is 1.13 bits per heavy atom. The van der Waals surface area contributed by atoms with Crippen LogP contribution in [-0.4, -0.2) is 36.1 Å². The molecule has 5 aromatic rings. The van der Waals surface area contributed by atoms with Crippen LogP contribution in [0.5, 0.6) is 0 Å². The summed E-state index contributed by atoms with van der Waals surface area (Å²) in [5, 5.41) is 12.0. The maximum atomic E-state index is 14.5. The Labute approximate surface area is 170 Å². The second-order valence-corrected chi connectivity index (χ2v) is 7.22. The molecule has 6 rings (SSSR count). The molecule has 5 heterocycles. The van der Waals surface area contributed by atoms with Crippen molar-refractivity contribution in [2.24, 2.45) is 0 Å². The number of imidazole rings is 1. The highest BCUT2D eigenvalue weighted by Crippen LogP contribution is 2.28. The number of anilines is 2. The van der Waals surface area contributed by atoms with Gasteiger partial charge in [0.25, 0.3) is 0 Å². The zero-order valence-corrected chi connectivity index (χ0v) is 15.9. The first-order chi connectivity index (χ1) is 14.8. The number of nitrogens with one attached hydrogen (secondary N) is 3. The van der Waals surface area contributed by atoms with Crippen molar-refractivity contribution >= 4 is 28.2 Å². The molecule has 0 atom stereocenters. The lowest BCUT2D eigenvalue weighted by Crippen LogP contribution is -2.22. The van der Waals surface area contributed by atoms with E-state index < -0.39 is 5.82 Å². The minimum atomic E-state index is -0.534. The molecule has 0 radical (unpaired) electrons. The van der Waals surface area contributed by atoms with E-state index in [9.17, 15) is 4.39 Å². The Bertz CT molecular complexity index is 1400. The van der Waals surface area contributed by atoms with Crippen LogP contribution in [0.25, 0.3) is 27.9 Å². The highest BCUT2D eigenvalue weighted by molar-refractivity contribution is 5.88. The van der Waals surface area contributed by atoms with E-state index in [0.29, 0.717) is 17.3 Å². The van der Waals surface area contributed by atoms with Gasteiger partial charge < -0.3 is 15.6 Å². The van der Waals surface area contributed by atoms with Gasteiger partial charge in [-0.15, -0.1) is 0 Å². The van der Waals surface area contributed by atoms with Crippen molar-refractivity contribution in [1.82, 2.24) is 34.9 Å². The number of hydrogen-bond acceptors (Lipinski definition) is 6. The quantitative estimate of drug-likeness (QED) is 0.430. The van der Waals surface area contributed by atoms with Crippen LogP contribution in [0.15, 0.2) is 48.9 Å². The molecule has 0 saturated carbocycles. The van der Waals surface area contributed by atoms with E-state index >= 15 is 0 Å². The minimum Gasteiger partial charge on any atom is -0.358 e. The molecule has 0 spiro atoms. The maximum absolute atomic E-state index is 14.5. The number of halogens is 1. The number of hydrogen-bond donors (Lipinski definition) is 3. The number of H-pyrrole nitrogens is 1. The van der Waals surface area contributed by atoms with Gasteiger partial charge in [0.1, 0.15) is 11.4 Å². The summed E-state index contributed by atoms with van der Waals surface area (Å²) in [6, 6.07) is 9.66. The van der Waals surface area contributed by atoms with E-state index in [1.54, 1.807) is 29.0 Å². The van der Waals surface area contributed by atoms with Gasteiger partial charge in [-0.05, 0) is 29.8 Å². The summed E-state index contributed by atoms with van der Waals surface area (Å²) in [5.41, 5.74) is 5.71. The first-order valence-electron chi connectivity index (χ1n) is 9.69. The second-order valence-electron chi connectivity index (χ2n) is 7.22. The zero-order valence-electron chi connectivity index (χ0n) is 15.9. The largest absolute Gasteiger partial charge is 0.358 e. The fraction of sp³-hybridized carbons (Fsp3) is 0.143. The average Bonchev–Trinajstić information content (AvgIpc) is 3.36. The molecule has 1 aliphatic heterocycles. The zero-order chi connectivity index (χ0) is 20.1. The van der Waals surface area contributed by atoms with E-state index in [4.69, 9.17) is 0 Å². The summed E-state index contributed by atoms with van der Waals surface area (Å²) in [4.78, 5) is 16.3. The lowest BCUT2D eigenvalue weighted by atomic mass is 10.1. The third-order valence-corrected chi connectivity index (χ3v) is 5.37. The normalized spacial score (nSPS) is 13.6. The van der Waals surface area contributed by atoms with Crippen LogP contribution < -0.4 is 10.6 Å². The highest BCUT2D eigenvalue weighted by Gasteiger charge is 2.17. The summed E-state index contributed by atoms with van der Waals surface area (Å²) in [6.45, 7) is 1.86. The Morgan fingerprint density at radius 3 is 3.07 bits per heavy atom. The van der Waals surface area contributed by atoms with Crippen LogP contribution >= 0.6 is 0 Å². The lowest BCUT2D eigenvalue weighted by Gasteiger charge is -2.12. The smallest absolute Gasteiger partial charge is 0.227 e. The van der Waals surface area contributed by atoms with Crippen molar-refractivity contribution < 1.29 is 4.39 Å². The van der Waals surface area contributed by atoms with Gasteiger partial charge >= 0.3 is 0 Å². The van der Waals surface area contributed by atoms with Crippen molar-refractivity contribution in [2.75, 3.05) is 11.9 Å². The van der Waals surface area contributed by atoms with Crippen LogP contribution in [0.1, 0.15) is 11.3 Å². The maximum Gasteiger partial charge on any atom is 0.227 e. The second kappa shape index (κ2) is 6.60. The highest BCUT2D eigenvalue weighted by atomic mass is 19.1. The SMILES string of the molecule is Fc1cnc(Nc2ccc3c4c([nH]c3c2)CCNC4)nc1-c1cnc2cccnn12. The molecule has 3 N–H and O–H groups in total. The molecular weight excluding hydrogens is 383 g/mol. The number of fused-ring (bicyclic) bond motifs is 4. The molecule has 8 nitrogen and oxygen atoms in total. The first kappa shape index (κ1) is 17.0. The van der Waals surface area contributed by atoms with Gasteiger partial charge in [-0.1, -0.05) is 6.07 Å². The van der Waals surface area contributed by atoms with Crippen molar-refractivity contribution in [2.45, 2.75) is 13.0 Å². The molecule has 0 saturated heterocycles. The number of aromatic amines is 1. The van der Waals surface area contributed by atoms with Crippen molar-refractivity contribution in [3.63, 3.8) is 0 Å². The summed E-state index contributed by atoms with van der Waals surface area (Å²) >= 11 is 0. The fourth-order valence-corrected chi connectivity index (χ4v) is 3.96. The molecule has 0 unspecified atom stereocenters. The topological polar surface area (TPSA) is 95.8 Å². The third kappa shape index (κ3) is 2.71. The number of aromatic nitrogens is 6. The van der Waals surface area contributed by atoms with Gasteiger partial charge in [-0.25, -0.2) is 23.9 Å². The Kier molecular flexibility index (Phi) is 3.75. The first-order valence-corrected chi connectivity index (χ1v) is 9.69. The molecule has 30 heavy (non-hydrogen) atoms. The molecule has 148 valence electrons. The molecule has 0 amide bonds. The van der Waals surface area contributed by atoms with Gasteiger partial charge in [0, 0.05) is 48.0 Å². The summed E-state index contributed by atoms with van der Waals surface area (Å²) < 4.78 is 16.1. The molecule has 9 heteroatoms. The van der Waals surface area contributed by atoms with Gasteiger partial charge in [0.05, 0.1) is 12.4 Å². The van der Waals surface area contributed by atoms with Gasteiger partial charge in [0.15, 0.2) is 11.5 Å². The van der Waals surface area contributed by atoms with Crippen LogP contribution in [-0.2, 0) is 13.0 Å². The van der Waals surface area contributed by atoms with E-state index in [1.165, 1.54) is 16.6 Å². The summed E-state index contributed by atoms with van der Waals surface area (Å²) in [7, 11) is 0. The van der Waals surface area contributed by atoms with Crippen LogP contribution in [0.2, 0.25) is 0 Å². The van der Waals surface area contributed by atoms with Gasteiger partial charge in [-0.3, -0.25) is 0 Å². The van der Waals surface area contributed by atoms with E-state index in [2.05, 4.69) is 41.7 Å². The van der Waals surface area contributed by atoms with Crippen molar-refractivity contribution in [3.05, 3.63) is 66.0 Å². The minimum absolute atomic E-state index is 0.140. The fourth-order valence-electron chi connectivity index (χ4n) is 3.96. The van der Waals surface area contributed by atoms with Crippen LogP contribution in [0, 0.1) is 5.82 Å². The summed E-state index contributed by atoms with van der Waals surface area (Å²) in [6.07, 6.45) is 5.33. The van der Waals surface area contributed by atoms with Crippen LogP contribution in [0.4, 0.5) is 16.0 Å². The average molecular weight is 400 g/mol. The number of benzene rings is 1. The van der Waals surface area contributed by atoms with E-state index in [1.807, 2.05) is 12.1 Å². The molecule has 1 aromatic carbocycles. The van der Waals surface area contributed by atoms with E-state index in [-0.39, 0.29) is 5.69 Å². The molecule has 1 aliphatic rings. The predicted molar refractivity (Wildman–Crippen MR) is 111 cm³/mol. The Morgan fingerprint density at radius 2 is 2.10 bits per heavy atom. The lowest BCUT2D eigenvalue weighted by molar-refractivity contribution is 0.617. The van der Waals surface area contributed by atoms with Gasteiger partial charge in [0.2, 0.25) is 5.95 Å². The molecule has 0 bridgehead atoms. The predicted octanol–water partition coefficient (Wildman–Crippen LogP) is 3.20. The molecule has 0 aliphatic carbocycles. The summed E-state index contributed by atoms with van der Waals surface area (Å²) in [5.74, 6) is -0.234. The standard InChI is InChI=1S/C21H17FN8/c22-15-10-25-21(29-20(15)18-11-24-19-2-1-6-26-30(18)19)27-12-3-4-13-14-9-23-7-5-16(14)28-17(13)8-12/h1-4,6,8,10-11,23,28H,5,7,9H2,(H,25,27,29). The number of rotatable bonds is 3. The van der Waals surface area contributed by atoms with Crippen LogP contribution in [0.3, 0.4) is 0 Å². The monoisotopic (exact) mass is 400 g/mol. The molecular formula is C21H17FN8. The van der Waals surface area contributed by atoms with Crippen molar-refractivity contribution in [3.8, 4) is 11.4 Å². The number of nitrogens with zero attached hydrogens (tertiary/aromatic N) is 5. The Balaban J connectivity index is 1.37. The van der Waals surface area contributed by atoms with Crippen molar-refractivity contribution in [1.29, 1.82) is 0 Å².